The van der Waals surface area contributed by atoms with Crippen LogP contribution in [0.4, 0.5) is 13.2 Å². The van der Waals surface area contributed by atoms with Gasteiger partial charge in [0, 0.05) is 31.6 Å². The summed E-state index contributed by atoms with van der Waals surface area (Å²) in [6, 6.07) is 7.27. The van der Waals surface area contributed by atoms with Crippen LogP contribution in [0.1, 0.15) is 64.4 Å². The number of alkyl halides is 3. The molecule has 33 heavy (non-hydrogen) atoms. The van der Waals surface area contributed by atoms with Crippen LogP contribution in [0, 0.1) is 11.8 Å². The van der Waals surface area contributed by atoms with Crippen molar-refractivity contribution in [1.82, 2.24) is 9.80 Å². The maximum Gasteiger partial charge on any atom is 0.422 e. The largest absolute Gasteiger partial charge is 0.484 e. The molecule has 1 aromatic carbocycles. The van der Waals surface area contributed by atoms with Crippen molar-refractivity contribution in [3.63, 3.8) is 0 Å². The molecule has 0 bridgehead atoms. The summed E-state index contributed by atoms with van der Waals surface area (Å²) < 4.78 is 41.7. The predicted molar refractivity (Wildman–Crippen MR) is 124 cm³/mol. The zero-order valence-electron chi connectivity index (χ0n) is 20.1. The molecule has 0 spiro atoms. The SMILES string of the molecule is CCN(CC1CCN(C(=O)C2CCCCC2)CC1)C(C)Cc1ccc(OCC(F)(F)F)cc1. The molecule has 7 heteroatoms. The highest BCUT2D eigenvalue weighted by Gasteiger charge is 2.30. The maximum absolute atomic E-state index is 12.8. The van der Waals surface area contributed by atoms with Crippen LogP contribution in [-0.4, -0.2) is 60.7 Å². The molecule has 2 fully saturated rings. The summed E-state index contributed by atoms with van der Waals surface area (Å²) in [5.74, 6) is 1.48. The van der Waals surface area contributed by atoms with Gasteiger partial charge in [-0.3, -0.25) is 4.79 Å². The van der Waals surface area contributed by atoms with Gasteiger partial charge in [0.05, 0.1) is 0 Å². The molecular weight excluding hydrogens is 429 g/mol. The minimum atomic E-state index is -4.33. The van der Waals surface area contributed by atoms with E-state index in [1.165, 1.54) is 19.3 Å². The molecule has 2 aliphatic rings. The average Bonchev–Trinajstić information content (AvgIpc) is 2.82. The zero-order valence-corrected chi connectivity index (χ0v) is 20.1. The molecule has 1 saturated carbocycles. The second kappa shape index (κ2) is 12.1. The van der Waals surface area contributed by atoms with E-state index in [9.17, 15) is 18.0 Å². The number of piperidine rings is 1. The number of hydrogen-bond acceptors (Lipinski definition) is 3. The summed E-state index contributed by atoms with van der Waals surface area (Å²) in [5, 5.41) is 0. The van der Waals surface area contributed by atoms with Gasteiger partial charge in [0.1, 0.15) is 5.75 Å². The Labute approximate surface area is 196 Å². The minimum Gasteiger partial charge on any atom is -0.484 e. The number of carbonyl (C=O) groups is 1. The van der Waals surface area contributed by atoms with Crippen LogP contribution in [0.3, 0.4) is 0 Å². The van der Waals surface area contributed by atoms with Gasteiger partial charge in [-0.05, 0) is 69.2 Å². The van der Waals surface area contributed by atoms with Gasteiger partial charge in [-0.15, -0.1) is 0 Å². The smallest absolute Gasteiger partial charge is 0.422 e. The van der Waals surface area contributed by atoms with Gasteiger partial charge in [-0.25, -0.2) is 0 Å². The predicted octanol–water partition coefficient (Wildman–Crippen LogP) is 5.70. The van der Waals surface area contributed by atoms with Crippen LogP contribution in [0.25, 0.3) is 0 Å². The van der Waals surface area contributed by atoms with E-state index in [0.717, 1.165) is 63.8 Å². The summed E-state index contributed by atoms with van der Waals surface area (Å²) in [4.78, 5) is 17.4. The first-order valence-electron chi connectivity index (χ1n) is 12.6. The highest BCUT2D eigenvalue weighted by atomic mass is 19.4. The summed E-state index contributed by atoms with van der Waals surface area (Å²) in [6.07, 6.45) is 4.43. The van der Waals surface area contributed by atoms with E-state index in [2.05, 4.69) is 23.6 Å². The number of likely N-dealkylation sites (N-methyl/N-ethyl adjacent to an activating group) is 1. The van der Waals surface area contributed by atoms with Crippen molar-refractivity contribution in [3.05, 3.63) is 29.8 Å². The van der Waals surface area contributed by atoms with Gasteiger partial charge < -0.3 is 14.5 Å². The van der Waals surface area contributed by atoms with Crippen molar-refractivity contribution in [1.29, 1.82) is 0 Å². The van der Waals surface area contributed by atoms with Gasteiger partial charge in [0.25, 0.3) is 0 Å². The second-order valence-electron chi connectivity index (χ2n) is 9.79. The number of benzene rings is 1. The average molecular weight is 469 g/mol. The van der Waals surface area contributed by atoms with Crippen LogP contribution >= 0.6 is 0 Å². The lowest BCUT2D eigenvalue weighted by molar-refractivity contribution is -0.153. The normalized spacial score (nSPS) is 19.6. The molecule has 1 aliphatic carbocycles. The van der Waals surface area contributed by atoms with E-state index in [1.54, 1.807) is 12.1 Å². The first-order valence-corrected chi connectivity index (χ1v) is 12.6. The van der Waals surface area contributed by atoms with Crippen LogP contribution in [0.5, 0.6) is 5.75 Å². The minimum absolute atomic E-state index is 0.241. The summed E-state index contributed by atoms with van der Waals surface area (Å²) in [6.45, 7) is 6.85. The van der Waals surface area contributed by atoms with Crippen LogP contribution in [0.15, 0.2) is 24.3 Å². The number of rotatable bonds is 9. The standard InChI is InChI=1S/C26H39F3N2O2/c1-3-30(20(2)17-21-9-11-24(12-10-21)33-19-26(27,28)29)18-22-13-15-31(16-14-22)25(32)23-7-5-4-6-8-23/h9-12,20,22-23H,3-8,13-19H2,1-2H3. The first-order chi connectivity index (χ1) is 15.7. The topological polar surface area (TPSA) is 32.8 Å². The Balaban J connectivity index is 1.43. The summed E-state index contributed by atoms with van der Waals surface area (Å²) in [5.41, 5.74) is 1.09. The van der Waals surface area contributed by atoms with Crippen molar-refractivity contribution >= 4 is 5.91 Å². The Morgan fingerprint density at radius 1 is 1.09 bits per heavy atom. The molecular formula is C26H39F3N2O2. The number of carbonyl (C=O) groups excluding carboxylic acids is 1. The summed E-state index contributed by atoms with van der Waals surface area (Å²) >= 11 is 0. The number of halogens is 3. The zero-order chi connectivity index (χ0) is 23.8. The van der Waals surface area contributed by atoms with Gasteiger partial charge in [0.2, 0.25) is 5.91 Å². The molecule has 4 nitrogen and oxygen atoms in total. The molecule has 1 saturated heterocycles. The fourth-order valence-electron chi connectivity index (χ4n) is 5.25. The van der Waals surface area contributed by atoms with Gasteiger partial charge in [0.15, 0.2) is 6.61 Å². The molecule has 0 radical (unpaired) electrons. The molecule has 0 N–H and O–H groups in total. The molecule has 1 heterocycles. The molecule has 1 atom stereocenters. The van der Waals surface area contributed by atoms with Crippen LogP contribution in [0.2, 0.25) is 0 Å². The quantitative estimate of drug-likeness (QED) is 0.466. The lowest BCUT2D eigenvalue weighted by Crippen LogP contribution is -2.45. The monoisotopic (exact) mass is 468 g/mol. The summed E-state index contributed by atoms with van der Waals surface area (Å²) in [7, 11) is 0. The molecule has 3 rings (SSSR count). The Morgan fingerprint density at radius 3 is 2.30 bits per heavy atom. The Kier molecular flexibility index (Phi) is 9.47. The van der Waals surface area contributed by atoms with E-state index in [-0.39, 0.29) is 11.7 Å². The third kappa shape index (κ3) is 8.20. The number of hydrogen-bond donors (Lipinski definition) is 0. The highest BCUT2D eigenvalue weighted by molar-refractivity contribution is 5.79. The molecule has 1 aliphatic heterocycles. The molecule has 1 amide bonds. The molecule has 1 unspecified atom stereocenters. The lowest BCUT2D eigenvalue weighted by Gasteiger charge is -2.38. The third-order valence-corrected chi connectivity index (χ3v) is 7.26. The fourth-order valence-corrected chi connectivity index (χ4v) is 5.25. The maximum atomic E-state index is 12.8. The van der Waals surface area contributed by atoms with Crippen LogP contribution < -0.4 is 4.74 Å². The number of nitrogens with zero attached hydrogens (tertiary/aromatic N) is 2. The molecule has 186 valence electrons. The van der Waals surface area contributed by atoms with E-state index in [4.69, 9.17) is 4.74 Å². The van der Waals surface area contributed by atoms with Gasteiger partial charge >= 0.3 is 6.18 Å². The van der Waals surface area contributed by atoms with Crippen LogP contribution in [-0.2, 0) is 11.2 Å². The lowest BCUT2D eigenvalue weighted by atomic mass is 9.87. The van der Waals surface area contributed by atoms with Crippen molar-refractivity contribution < 1.29 is 22.7 Å². The van der Waals surface area contributed by atoms with Crippen molar-refractivity contribution in [3.8, 4) is 5.75 Å². The molecule has 1 aromatic rings. The number of amides is 1. The van der Waals surface area contributed by atoms with E-state index < -0.39 is 12.8 Å². The van der Waals surface area contributed by atoms with E-state index in [1.807, 2.05) is 12.1 Å². The molecule has 0 aromatic heterocycles. The Morgan fingerprint density at radius 2 is 1.73 bits per heavy atom. The van der Waals surface area contributed by atoms with Crippen molar-refractivity contribution in [2.75, 3.05) is 32.8 Å². The second-order valence-corrected chi connectivity index (χ2v) is 9.79. The van der Waals surface area contributed by atoms with E-state index >= 15 is 0 Å². The third-order valence-electron chi connectivity index (χ3n) is 7.26. The highest BCUT2D eigenvalue weighted by Crippen LogP contribution is 2.28. The number of ether oxygens (including phenoxy) is 1. The first kappa shape index (κ1) is 25.9. The Bertz CT molecular complexity index is 724. The van der Waals surface area contributed by atoms with Crippen molar-refractivity contribution in [2.45, 2.75) is 77.4 Å². The number of likely N-dealkylation sites (tertiary alicyclic amines) is 1. The van der Waals surface area contributed by atoms with Crippen molar-refractivity contribution in [2.24, 2.45) is 11.8 Å². The van der Waals surface area contributed by atoms with Gasteiger partial charge in [-0.1, -0.05) is 38.3 Å². The fraction of sp³-hybridized carbons (Fsp3) is 0.731. The van der Waals surface area contributed by atoms with Gasteiger partial charge in [-0.2, -0.15) is 13.2 Å². The Hall–Kier alpha value is -1.76. The van der Waals surface area contributed by atoms with E-state index in [0.29, 0.717) is 17.9 Å².